The van der Waals surface area contributed by atoms with E-state index in [-0.39, 0.29) is 6.61 Å². The van der Waals surface area contributed by atoms with Crippen molar-refractivity contribution in [3.63, 3.8) is 0 Å². The minimum absolute atomic E-state index is 0.0119. The van der Waals surface area contributed by atoms with Crippen LogP contribution in [-0.4, -0.2) is 18.6 Å². The Bertz CT molecular complexity index is 295. The van der Waals surface area contributed by atoms with Crippen LogP contribution in [-0.2, 0) is 9.63 Å². The van der Waals surface area contributed by atoms with Gasteiger partial charge >= 0.3 is 0 Å². The van der Waals surface area contributed by atoms with E-state index in [2.05, 4.69) is 5.48 Å². The summed E-state index contributed by atoms with van der Waals surface area (Å²) in [4.78, 5) is 15.7. The predicted octanol–water partition coefficient (Wildman–Crippen LogP) is 0.818. The Morgan fingerprint density at radius 1 is 1.25 bits per heavy atom. The Morgan fingerprint density at radius 2 is 2.06 bits per heavy atom. The van der Waals surface area contributed by atoms with Crippen LogP contribution in [0.1, 0.15) is 32.1 Å². The van der Waals surface area contributed by atoms with Crippen LogP contribution < -0.4 is 11.2 Å². The Balaban J connectivity index is 1.54. The molecule has 3 saturated carbocycles. The molecule has 0 aromatic rings. The molecule has 5 atom stereocenters. The monoisotopic (exact) mass is 224 g/mol. The minimum Gasteiger partial charge on any atom is -0.368 e. The van der Waals surface area contributed by atoms with E-state index in [1.54, 1.807) is 0 Å². The Hall–Kier alpha value is -0.610. The lowest BCUT2D eigenvalue weighted by Gasteiger charge is -2.31. The molecule has 3 aliphatic rings. The normalized spacial score (nSPS) is 44.9. The van der Waals surface area contributed by atoms with Crippen molar-refractivity contribution in [3.05, 3.63) is 0 Å². The molecule has 0 aromatic carbocycles. The van der Waals surface area contributed by atoms with E-state index < -0.39 is 5.91 Å². The van der Waals surface area contributed by atoms with Gasteiger partial charge in [-0.25, -0.2) is 0 Å². The largest absolute Gasteiger partial charge is 0.368 e. The molecular formula is C12H20N2O2. The maximum absolute atomic E-state index is 10.6. The molecule has 3 fully saturated rings. The van der Waals surface area contributed by atoms with Crippen LogP contribution in [0.4, 0.5) is 0 Å². The zero-order valence-corrected chi connectivity index (χ0v) is 9.52. The summed E-state index contributed by atoms with van der Waals surface area (Å²) in [5.41, 5.74) is 8.09. The highest BCUT2D eigenvalue weighted by atomic mass is 16.6. The van der Waals surface area contributed by atoms with Gasteiger partial charge in [-0.15, -0.1) is 0 Å². The summed E-state index contributed by atoms with van der Waals surface area (Å²) < 4.78 is 0. The van der Waals surface area contributed by atoms with Crippen LogP contribution in [0, 0.1) is 23.7 Å². The van der Waals surface area contributed by atoms with Crippen LogP contribution >= 0.6 is 0 Å². The summed E-state index contributed by atoms with van der Waals surface area (Å²) in [5, 5.41) is 0. The number of hydrogen-bond donors (Lipinski definition) is 2. The molecule has 0 saturated heterocycles. The van der Waals surface area contributed by atoms with Crippen LogP contribution in [0.3, 0.4) is 0 Å². The molecule has 3 aliphatic carbocycles. The summed E-state index contributed by atoms with van der Waals surface area (Å²) in [7, 11) is 0. The second kappa shape index (κ2) is 4.00. The Morgan fingerprint density at radius 3 is 2.88 bits per heavy atom. The first-order valence-electron chi connectivity index (χ1n) is 6.41. The van der Waals surface area contributed by atoms with Crippen LogP contribution in [0.2, 0.25) is 0 Å². The summed E-state index contributed by atoms with van der Waals surface area (Å²) in [6.45, 7) is -0.0119. The van der Waals surface area contributed by atoms with Crippen molar-refractivity contribution in [1.29, 1.82) is 0 Å². The molecule has 0 radical (unpaired) electrons. The third-order valence-electron chi connectivity index (χ3n) is 4.88. The minimum atomic E-state index is -0.408. The van der Waals surface area contributed by atoms with Gasteiger partial charge in [0.1, 0.15) is 6.61 Å². The number of amides is 1. The zero-order valence-electron chi connectivity index (χ0n) is 9.52. The average Bonchev–Trinajstić information content (AvgIpc) is 2.87. The maximum atomic E-state index is 10.6. The molecule has 4 nitrogen and oxygen atoms in total. The van der Waals surface area contributed by atoms with Crippen molar-refractivity contribution in [2.45, 2.75) is 38.1 Å². The molecule has 3 rings (SSSR count). The second-order valence-electron chi connectivity index (χ2n) is 5.63. The van der Waals surface area contributed by atoms with E-state index >= 15 is 0 Å². The lowest BCUT2D eigenvalue weighted by atomic mass is 9.79. The van der Waals surface area contributed by atoms with Crippen molar-refractivity contribution in [2.75, 3.05) is 6.61 Å². The fourth-order valence-corrected chi connectivity index (χ4v) is 4.42. The predicted molar refractivity (Wildman–Crippen MR) is 59.1 cm³/mol. The van der Waals surface area contributed by atoms with E-state index in [9.17, 15) is 4.79 Å². The number of carbonyl (C=O) groups excluding carboxylic acids is 1. The molecule has 3 N–H and O–H groups in total. The number of hydrogen-bond acceptors (Lipinski definition) is 3. The standard InChI is InChI=1S/C12H20N2O2/c13-12(15)6-16-14-11-5-7-4-10(11)9-3-1-2-8(7)9/h7-11,14H,1-6H2,(H2,13,15). The highest BCUT2D eigenvalue weighted by Gasteiger charge is 2.53. The van der Waals surface area contributed by atoms with E-state index in [1.807, 2.05) is 0 Å². The van der Waals surface area contributed by atoms with Crippen molar-refractivity contribution in [3.8, 4) is 0 Å². The van der Waals surface area contributed by atoms with Gasteiger partial charge in [0, 0.05) is 6.04 Å². The highest BCUT2D eigenvalue weighted by molar-refractivity contribution is 5.74. The van der Waals surface area contributed by atoms with Gasteiger partial charge in [-0.2, -0.15) is 5.48 Å². The molecular weight excluding hydrogens is 204 g/mol. The third-order valence-corrected chi connectivity index (χ3v) is 4.88. The number of nitrogens with two attached hydrogens (primary N) is 1. The van der Waals surface area contributed by atoms with E-state index in [1.165, 1.54) is 32.1 Å². The molecule has 0 aliphatic heterocycles. The van der Waals surface area contributed by atoms with Gasteiger partial charge in [0.05, 0.1) is 0 Å². The SMILES string of the molecule is NC(=O)CONC1CC2CC1C1CCCC21. The number of hydroxylamine groups is 1. The highest BCUT2D eigenvalue weighted by Crippen LogP contribution is 2.58. The van der Waals surface area contributed by atoms with E-state index in [4.69, 9.17) is 10.6 Å². The van der Waals surface area contributed by atoms with E-state index in [0.29, 0.717) is 6.04 Å². The molecule has 1 amide bonds. The van der Waals surface area contributed by atoms with Gasteiger partial charge in [-0.3, -0.25) is 9.63 Å². The smallest absolute Gasteiger partial charge is 0.245 e. The molecule has 0 aromatic heterocycles. The van der Waals surface area contributed by atoms with Crippen molar-refractivity contribution in [1.82, 2.24) is 5.48 Å². The second-order valence-corrected chi connectivity index (χ2v) is 5.63. The maximum Gasteiger partial charge on any atom is 0.245 e. The van der Waals surface area contributed by atoms with Gasteiger partial charge in [0.15, 0.2) is 0 Å². The summed E-state index contributed by atoms with van der Waals surface area (Å²) >= 11 is 0. The van der Waals surface area contributed by atoms with Gasteiger partial charge in [0.25, 0.3) is 0 Å². The van der Waals surface area contributed by atoms with Gasteiger partial charge < -0.3 is 5.73 Å². The van der Waals surface area contributed by atoms with Crippen molar-refractivity contribution >= 4 is 5.91 Å². The van der Waals surface area contributed by atoms with Crippen LogP contribution in [0.15, 0.2) is 0 Å². The quantitative estimate of drug-likeness (QED) is 0.695. The first-order valence-corrected chi connectivity index (χ1v) is 6.41. The molecule has 4 heteroatoms. The molecule has 5 unspecified atom stereocenters. The first kappa shape index (κ1) is 10.5. The summed E-state index contributed by atoms with van der Waals surface area (Å²) in [6, 6.07) is 0.462. The van der Waals surface area contributed by atoms with Crippen LogP contribution in [0.5, 0.6) is 0 Å². The summed E-state index contributed by atoms with van der Waals surface area (Å²) in [5.74, 6) is 3.21. The third kappa shape index (κ3) is 1.64. The zero-order chi connectivity index (χ0) is 11.1. The number of carbonyl (C=O) groups is 1. The van der Waals surface area contributed by atoms with E-state index in [0.717, 1.165) is 23.7 Å². The Labute approximate surface area is 95.9 Å². The lowest BCUT2D eigenvalue weighted by Crippen LogP contribution is -2.40. The fourth-order valence-electron chi connectivity index (χ4n) is 4.42. The summed E-state index contributed by atoms with van der Waals surface area (Å²) in [6.07, 6.45) is 6.86. The Kier molecular flexibility index (Phi) is 2.64. The number of nitrogens with one attached hydrogen (secondary N) is 1. The molecule has 16 heavy (non-hydrogen) atoms. The van der Waals surface area contributed by atoms with Gasteiger partial charge in [0.2, 0.25) is 5.91 Å². The topological polar surface area (TPSA) is 64.4 Å². The van der Waals surface area contributed by atoms with Gasteiger partial charge in [-0.05, 0) is 49.4 Å². The molecule has 0 heterocycles. The number of fused-ring (bicyclic) bond motifs is 5. The lowest BCUT2D eigenvalue weighted by molar-refractivity contribution is -0.126. The first-order chi connectivity index (χ1) is 7.75. The molecule has 2 bridgehead atoms. The molecule has 0 spiro atoms. The van der Waals surface area contributed by atoms with Crippen molar-refractivity contribution in [2.24, 2.45) is 29.4 Å². The van der Waals surface area contributed by atoms with Crippen molar-refractivity contribution < 1.29 is 9.63 Å². The average molecular weight is 224 g/mol. The number of primary amides is 1. The molecule has 90 valence electrons. The van der Waals surface area contributed by atoms with Gasteiger partial charge in [-0.1, -0.05) is 6.42 Å². The number of rotatable bonds is 4. The fraction of sp³-hybridized carbons (Fsp3) is 0.917. The van der Waals surface area contributed by atoms with Crippen LogP contribution in [0.25, 0.3) is 0 Å².